The van der Waals surface area contributed by atoms with E-state index in [2.05, 4.69) is 22.0 Å². The van der Waals surface area contributed by atoms with Crippen LogP contribution >= 0.6 is 11.8 Å². The second kappa shape index (κ2) is 25.5. The van der Waals surface area contributed by atoms with Crippen molar-refractivity contribution >= 4 is 11.8 Å². The quantitative estimate of drug-likeness (QED) is 0.170. The normalized spacial score (nSPS) is 17.8. The highest BCUT2D eigenvalue weighted by Crippen LogP contribution is 2.25. The van der Waals surface area contributed by atoms with Gasteiger partial charge in [0.25, 0.3) is 0 Å². The summed E-state index contributed by atoms with van der Waals surface area (Å²) < 4.78 is 0. The Morgan fingerprint density at radius 2 is 0.906 bits per heavy atom. The largest absolute Gasteiger partial charge is 0.396 e. The summed E-state index contributed by atoms with van der Waals surface area (Å²) >= 11 is 2.07. The fourth-order valence-corrected chi connectivity index (χ4v) is 5.81. The van der Waals surface area contributed by atoms with E-state index in [0.717, 1.165) is 24.1 Å². The Bertz CT molecular complexity index is 378. The molecule has 0 atom stereocenters. The third kappa shape index (κ3) is 21.7. The Hall–Kier alpha value is -0.0900. The molecule has 3 nitrogen and oxygen atoms in total. The van der Waals surface area contributed by atoms with Crippen LogP contribution in [0.1, 0.15) is 154 Å². The molecule has 190 valence electrons. The summed E-state index contributed by atoms with van der Waals surface area (Å²) in [6, 6.07) is 0. The lowest BCUT2D eigenvalue weighted by atomic mass is 10.1. The number of aliphatic hydroxyl groups is 1. The lowest BCUT2D eigenvalue weighted by molar-refractivity contribution is 0.282. The molecule has 32 heavy (non-hydrogen) atoms. The maximum absolute atomic E-state index is 8.77. The van der Waals surface area contributed by atoms with Gasteiger partial charge in [0.2, 0.25) is 0 Å². The molecule has 0 bridgehead atoms. The molecule has 0 saturated heterocycles. The van der Waals surface area contributed by atoms with Gasteiger partial charge in [-0.1, -0.05) is 128 Å². The molecule has 0 aliphatic heterocycles. The average Bonchev–Trinajstić information content (AvgIpc) is 2.83. The van der Waals surface area contributed by atoms with E-state index in [-0.39, 0.29) is 0 Å². The van der Waals surface area contributed by atoms with E-state index in [4.69, 9.17) is 5.11 Å². The number of rotatable bonds is 17. The third-order valence-electron chi connectivity index (χ3n) is 6.94. The Morgan fingerprint density at radius 1 is 0.500 bits per heavy atom. The number of aliphatic hydroxyl groups excluding tert-OH is 1. The van der Waals surface area contributed by atoms with Gasteiger partial charge in [-0.3, -0.25) is 0 Å². The third-order valence-corrected chi connectivity index (χ3v) is 8.14. The van der Waals surface area contributed by atoms with E-state index in [0.29, 0.717) is 6.61 Å². The highest BCUT2D eigenvalue weighted by Gasteiger charge is 2.09. The van der Waals surface area contributed by atoms with Crippen LogP contribution in [-0.4, -0.2) is 29.4 Å². The number of azo groups is 1. The second-order valence-electron chi connectivity index (χ2n) is 10.0. The fourth-order valence-electron chi connectivity index (χ4n) is 4.78. The number of hydrogen-bond acceptors (Lipinski definition) is 4. The van der Waals surface area contributed by atoms with E-state index in [9.17, 15) is 0 Å². The van der Waals surface area contributed by atoms with Crippen molar-refractivity contribution in [1.82, 2.24) is 0 Å². The maximum Gasteiger partial charge on any atom is 0.105 e. The van der Waals surface area contributed by atoms with Crippen LogP contribution in [0.15, 0.2) is 10.2 Å². The minimum Gasteiger partial charge on any atom is -0.396 e. The molecule has 0 amide bonds. The number of thioether (sulfide) groups is 1. The molecule has 1 fully saturated rings. The predicted octanol–water partition coefficient (Wildman–Crippen LogP) is 9.87. The van der Waals surface area contributed by atoms with Crippen LogP contribution < -0.4 is 0 Å². The fraction of sp³-hybridized carbons (Fsp3) is 1.00. The van der Waals surface area contributed by atoms with E-state index >= 15 is 0 Å². The van der Waals surface area contributed by atoms with E-state index in [1.807, 2.05) is 0 Å². The van der Waals surface area contributed by atoms with Gasteiger partial charge in [-0.15, -0.1) is 11.8 Å². The van der Waals surface area contributed by atoms with Crippen LogP contribution in [-0.2, 0) is 0 Å². The summed E-state index contributed by atoms with van der Waals surface area (Å²) in [4.78, 5) is 0. The standard InChI is InChI=1S/C28H56N2OS/c31-26-22-18-14-10-6-2-1-5-9-13-17-21-25-29-30-27-32-28-23-19-15-11-7-3-4-8-12-16-20-24-28/h28,31H,1-27H2. The first-order valence-electron chi connectivity index (χ1n) is 14.5. The molecule has 0 spiro atoms. The molecule has 1 aliphatic carbocycles. The second-order valence-corrected chi connectivity index (χ2v) is 11.3. The zero-order chi connectivity index (χ0) is 22.8. The SMILES string of the molecule is OCCCCCCCCCCCCCCN=NCSC1CCCCCCCCCCCC1. The van der Waals surface area contributed by atoms with Gasteiger partial charge in [-0.05, 0) is 25.7 Å². The molecule has 1 N–H and O–H groups in total. The van der Waals surface area contributed by atoms with E-state index in [1.54, 1.807) is 0 Å². The van der Waals surface area contributed by atoms with Gasteiger partial charge in [-0.2, -0.15) is 10.2 Å². The zero-order valence-corrected chi connectivity index (χ0v) is 22.2. The van der Waals surface area contributed by atoms with Crippen molar-refractivity contribution in [2.24, 2.45) is 10.2 Å². The van der Waals surface area contributed by atoms with Crippen LogP contribution in [0.4, 0.5) is 0 Å². The number of hydrogen-bond donors (Lipinski definition) is 1. The lowest BCUT2D eigenvalue weighted by Crippen LogP contribution is -2.03. The molecule has 0 radical (unpaired) electrons. The van der Waals surface area contributed by atoms with Crippen molar-refractivity contribution < 1.29 is 5.11 Å². The number of unbranched alkanes of at least 4 members (excludes halogenated alkanes) is 11. The molecular weight excluding hydrogens is 412 g/mol. The van der Waals surface area contributed by atoms with Crippen molar-refractivity contribution in [2.75, 3.05) is 19.0 Å². The first-order chi connectivity index (χ1) is 15.9. The van der Waals surface area contributed by atoms with Gasteiger partial charge in [0.1, 0.15) is 5.88 Å². The van der Waals surface area contributed by atoms with Gasteiger partial charge < -0.3 is 5.11 Å². The van der Waals surface area contributed by atoms with E-state index in [1.165, 1.54) is 148 Å². The van der Waals surface area contributed by atoms with Gasteiger partial charge in [0.05, 0.1) is 6.54 Å². The maximum atomic E-state index is 8.77. The predicted molar refractivity (Wildman–Crippen MR) is 144 cm³/mol. The number of nitrogens with zero attached hydrogens (tertiary/aromatic N) is 2. The van der Waals surface area contributed by atoms with Crippen LogP contribution in [0.2, 0.25) is 0 Å². The topological polar surface area (TPSA) is 45.0 Å². The smallest absolute Gasteiger partial charge is 0.105 e. The van der Waals surface area contributed by atoms with Gasteiger partial charge in [0, 0.05) is 11.9 Å². The molecule has 0 aromatic rings. The molecule has 1 aliphatic rings. The Morgan fingerprint density at radius 3 is 1.38 bits per heavy atom. The summed E-state index contributed by atoms with van der Waals surface area (Å²) in [5.74, 6) is 0.880. The highest BCUT2D eigenvalue weighted by molar-refractivity contribution is 7.99. The summed E-state index contributed by atoms with van der Waals surface area (Å²) in [6.45, 7) is 1.29. The monoisotopic (exact) mass is 468 g/mol. The van der Waals surface area contributed by atoms with Gasteiger partial charge >= 0.3 is 0 Å². The highest BCUT2D eigenvalue weighted by atomic mass is 32.2. The van der Waals surface area contributed by atoms with Crippen molar-refractivity contribution in [1.29, 1.82) is 0 Å². The molecule has 0 aromatic heterocycles. The Kier molecular flexibility index (Phi) is 23.9. The molecule has 1 saturated carbocycles. The molecular formula is C28H56N2OS. The molecule has 0 heterocycles. The molecule has 1 rings (SSSR count). The first-order valence-corrected chi connectivity index (χ1v) is 15.5. The zero-order valence-electron chi connectivity index (χ0n) is 21.4. The minimum absolute atomic E-state index is 0.362. The average molecular weight is 469 g/mol. The van der Waals surface area contributed by atoms with Gasteiger partial charge in [-0.25, -0.2) is 0 Å². The van der Waals surface area contributed by atoms with Gasteiger partial charge in [0.15, 0.2) is 0 Å². The van der Waals surface area contributed by atoms with Crippen molar-refractivity contribution in [3.63, 3.8) is 0 Å². The summed E-state index contributed by atoms with van der Waals surface area (Å²) in [5.41, 5.74) is 0. The van der Waals surface area contributed by atoms with Crippen LogP contribution in [0.3, 0.4) is 0 Å². The Balaban J connectivity index is 1.90. The molecule has 0 aromatic carbocycles. The lowest BCUT2D eigenvalue weighted by Gasteiger charge is -2.15. The van der Waals surface area contributed by atoms with Crippen molar-refractivity contribution in [2.45, 2.75) is 159 Å². The molecule has 0 unspecified atom stereocenters. The minimum atomic E-state index is 0.362. The summed E-state index contributed by atoms with van der Waals surface area (Å²) in [6.07, 6.45) is 32.9. The van der Waals surface area contributed by atoms with Crippen molar-refractivity contribution in [3.05, 3.63) is 0 Å². The van der Waals surface area contributed by atoms with Crippen LogP contribution in [0.5, 0.6) is 0 Å². The van der Waals surface area contributed by atoms with Crippen molar-refractivity contribution in [3.8, 4) is 0 Å². The molecule has 4 heteroatoms. The Labute approximate surface area is 205 Å². The van der Waals surface area contributed by atoms with Crippen LogP contribution in [0, 0.1) is 0 Å². The van der Waals surface area contributed by atoms with Crippen LogP contribution in [0.25, 0.3) is 0 Å². The van der Waals surface area contributed by atoms with E-state index < -0.39 is 0 Å². The summed E-state index contributed by atoms with van der Waals surface area (Å²) in [5, 5.41) is 18.5. The summed E-state index contributed by atoms with van der Waals surface area (Å²) in [7, 11) is 0. The first kappa shape index (κ1) is 29.9.